The molecule has 1 saturated heterocycles. The molecule has 1 atom stereocenters. The third kappa shape index (κ3) is 4.70. The van der Waals surface area contributed by atoms with Gasteiger partial charge in [-0.2, -0.15) is 16.1 Å². The van der Waals surface area contributed by atoms with Crippen LogP contribution in [0.25, 0.3) is 0 Å². The minimum absolute atomic E-state index is 0.0607. The molecule has 1 aliphatic rings. The molecular formula is C17H25NO6S2. The normalized spacial score (nSPS) is 21.1. The van der Waals surface area contributed by atoms with E-state index >= 15 is 0 Å². The number of hydrogen-bond donors (Lipinski definition) is 1. The van der Waals surface area contributed by atoms with Crippen molar-refractivity contribution in [2.24, 2.45) is 0 Å². The number of carboxylic acids is 1. The fraction of sp³-hybridized carbons (Fsp3) is 0.588. The molecule has 7 nitrogen and oxygen atoms in total. The third-order valence-corrected chi connectivity index (χ3v) is 7.50. The molecule has 0 bridgehead atoms. The number of carboxylic acid groups (broad SMARTS) is 1. The van der Waals surface area contributed by atoms with Crippen LogP contribution in [-0.4, -0.2) is 67.2 Å². The molecule has 146 valence electrons. The van der Waals surface area contributed by atoms with Gasteiger partial charge in [-0.25, -0.2) is 8.42 Å². The van der Waals surface area contributed by atoms with E-state index in [0.717, 1.165) is 10.1 Å². The van der Waals surface area contributed by atoms with Gasteiger partial charge in [0.2, 0.25) is 10.0 Å². The van der Waals surface area contributed by atoms with Gasteiger partial charge >= 0.3 is 5.97 Å². The van der Waals surface area contributed by atoms with Gasteiger partial charge in [0.1, 0.15) is 18.4 Å². The summed E-state index contributed by atoms with van der Waals surface area (Å²) in [7, 11) is -2.37. The van der Waals surface area contributed by atoms with Crippen molar-refractivity contribution in [3.8, 4) is 5.75 Å². The van der Waals surface area contributed by atoms with E-state index in [1.165, 1.54) is 23.9 Å². The molecule has 0 unspecified atom stereocenters. The van der Waals surface area contributed by atoms with Crippen LogP contribution in [0.5, 0.6) is 5.75 Å². The van der Waals surface area contributed by atoms with Gasteiger partial charge in [-0.15, -0.1) is 0 Å². The van der Waals surface area contributed by atoms with Crippen molar-refractivity contribution >= 4 is 27.8 Å². The minimum atomic E-state index is -3.93. The highest BCUT2D eigenvalue weighted by atomic mass is 32.2. The van der Waals surface area contributed by atoms with Gasteiger partial charge in [0.15, 0.2) is 0 Å². The van der Waals surface area contributed by atoms with Crippen molar-refractivity contribution < 1.29 is 27.8 Å². The van der Waals surface area contributed by atoms with Gasteiger partial charge in [-0.3, -0.25) is 4.79 Å². The number of sulfonamides is 1. The van der Waals surface area contributed by atoms with E-state index in [9.17, 15) is 18.3 Å². The van der Waals surface area contributed by atoms with Crippen LogP contribution in [0, 0.1) is 0 Å². The predicted octanol–water partition coefficient (Wildman–Crippen LogP) is 2.07. The highest BCUT2D eigenvalue weighted by Crippen LogP contribution is 2.37. The van der Waals surface area contributed by atoms with Crippen molar-refractivity contribution in [2.75, 3.05) is 32.6 Å². The first-order chi connectivity index (χ1) is 12.2. The summed E-state index contributed by atoms with van der Waals surface area (Å²) >= 11 is 1.49. The monoisotopic (exact) mass is 403 g/mol. The molecule has 2 rings (SSSR count). The highest BCUT2D eigenvalue weighted by molar-refractivity contribution is 8.00. The number of ether oxygens (including phenoxy) is 2. The maximum atomic E-state index is 13.1. The summed E-state index contributed by atoms with van der Waals surface area (Å²) < 4.78 is 37.0. The van der Waals surface area contributed by atoms with Gasteiger partial charge in [-0.05, 0) is 50.3 Å². The smallest absolute Gasteiger partial charge is 0.323 e. The summed E-state index contributed by atoms with van der Waals surface area (Å²) in [5, 5.41) is 9.69. The summed E-state index contributed by atoms with van der Waals surface area (Å²) in [6.45, 7) is 4.53. The Morgan fingerprint density at radius 3 is 2.54 bits per heavy atom. The number of carbonyl (C=O) groups is 1. The summed E-state index contributed by atoms with van der Waals surface area (Å²) in [5.74, 6) is 0.116. The fourth-order valence-corrected chi connectivity index (χ4v) is 5.88. The third-order valence-electron chi connectivity index (χ3n) is 4.16. The largest absolute Gasteiger partial charge is 0.491 e. The Bertz CT molecular complexity index is 717. The van der Waals surface area contributed by atoms with Crippen LogP contribution in [0.3, 0.4) is 0 Å². The Morgan fingerprint density at radius 2 is 1.96 bits per heavy atom. The first kappa shape index (κ1) is 21.0. The zero-order valence-corrected chi connectivity index (χ0v) is 16.8. The molecule has 9 heteroatoms. The zero-order valence-electron chi connectivity index (χ0n) is 15.2. The molecule has 26 heavy (non-hydrogen) atoms. The van der Waals surface area contributed by atoms with E-state index in [1.807, 2.05) is 0 Å². The fourth-order valence-electron chi connectivity index (χ4n) is 2.88. The molecule has 0 radical (unpaired) electrons. The van der Waals surface area contributed by atoms with Gasteiger partial charge in [0.25, 0.3) is 0 Å². The topological polar surface area (TPSA) is 93.1 Å². The Balaban J connectivity index is 2.30. The molecule has 0 saturated carbocycles. The van der Waals surface area contributed by atoms with Crippen molar-refractivity contribution in [1.29, 1.82) is 0 Å². The summed E-state index contributed by atoms with van der Waals surface area (Å²) in [5.41, 5.74) is 0. The minimum Gasteiger partial charge on any atom is -0.491 e. The second-order valence-corrected chi connectivity index (χ2v) is 10.1. The molecule has 1 aromatic carbocycles. The lowest BCUT2D eigenvalue weighted by atomic mass is 10.0. The molecule has 0 amide bonds. The maximum Gasteiger partial charge on any atom is 0.323 e. The quantitative estimate of drug-likeness (QED) is 0.697. The molecule has 0 aliphatic carbocycles. The van der Waals surface area contributed by atoms with Gasteiger partial charge in [0, 0.05) is 18.4 Å². The lowest BCUT2D eigenvalue weighted by Gasteiger charge is -2.35. The Labute approximate surface area is 158 Å². The predicted molar refractivity (Wildman–Crippen MR) is 100 cm³/mol. The standard InChI is InChI=1S/C17H25NO6S2/c1-17(2)15(16(19)20)18(9-4-12-25-17)26(21,22)14-7-5-13(6-8-14)24-11-10-23-3/h5-8,15H,4,9-12H2,1-3H3,(H,19,20)/t15-/m0/s1. The first-order valence-electron chi connectivity index (χ1n) is 8.30. The van der Waals surface area contributed by atoms with Gasteiger partial charge in [0.05, 0.1) is 11.5 Å². The van der Waals surface area contributed by atoms with E-state index < -0.39 is 26.8 Å². The molecule has 1 fully saturated rings. The van der Waals surface area contributed by atoms with Crippen molar-refractivity contribution in [3.63, 3.8) is 0 Å². The highest BCUT2D eigenvalue weighted by Gasteiger charge is 2.46. The average Bonchev–Trinajstić information content (AvgIpc) is 2.73. The van der Waals surface area contributed by atoms with Crippen LogP contribution in [0.15, 0.2) is 29.2 Å². The number of aliphatic carboxylic acids is 1. The van der Waals surface area contributed by atoms with Crippen molar-refractivity contribution in [2.45, 2.75) is 36.0 Å². The van der Waals surface area contributed by atoms with Crippen LogP contribution < -0.4 is 4.74 Å². The Kier molecular flexibility index (Phi) is 6.95. The number of methoxy groups -OCH3 is 1. The first-order valence-corrected chi connectivity index (χ1v) is 10.7. The van der Waals surface area contributed by atoms with Crippen LogP contribution in [0.1, 0.15) is 20.3 Å². The van der Waals surface area contributed by atoms with Crippen LogP contribution in [-0.2, 0) is 19.6 Å². The zero-order chi connectivity index (χ0) is 19.4. The number of benzene rings is 1. The summed E-state index contributed by atoms with van der Waals surface area (Å²) in [6.07, 6.45) is 0.606. The maximum absolute atomic E-state index is 13.1. The molecule has 1 heterocycles. The van der Waals surface area contributed by atoms with Crippen LogP contribution in [0.4, 0.5) is 0 Å². The van der Waals surface area contributed by atoms with Gasteiger partial charge < -0.3 is 14.6 Å². The number of thioether (sulfide) groups is 1. The summed E-state index contributed by atoms with van der Waals surface area (Å²) in [4.78, 5) is 11.9. The van der Waals surface area contributed by atoms with Gasteiger partial charge in [-0.1, -0.05) is 0 Å². The van der Waals surface area contributed by atoms with Crippen molar-refractivity contribution in [3.05, 3.63) is 24.3 Å². The lowest BCUT2D eigenvalue weighted by Crippen LogP contribution is -2.54. The average molecular weight is 404 g/mol. The number of rotatable bonds is 7. The van der Waals surface area contributed by atoms with Crippen LogP contribution in [0.2, 0.25) is 0 Å². The Hall–Kier alpha value is -1.29. The van der Waals surface area contributed by atoms with Crippen molar-refractivity contribution in [1.82, 2.24) is 4.31 Å². The Morgan fingerprint density at radius 1 is 1.31 bits per heavy atom. The second kappa shape index (κ2) is 8.60. The SMILES string of the molecule is COCCOc1ccc(S(=O)(=O)N2CCCSC(C)(C)[C@@H]2C(=O)O)cc1. The molecule has 1 N–H and O–H groups in total. The molecule has 0 aromatic heterocycles. The summed E-state index contributed by atoms with van der Waals surface area (Å²) in [6, 6.07) is 4.90. The van der Waals surface area contributed by atoms with E-state index in [2.05, 4.69) is 0 Å². The lowest BCUT2D eigenvalue weighted by molar-refractivity contribution is -0.142. The number of nitrogens with zero attached hydrogens (tertiary/aromatic N) is 1. The second-order valence-electron chi connectivity index (χ2n) is 6.47. The van der Waals surface area contributed by atoms with E-state index in [1.54, 1.807) is 33.1 Å². The van der Waals surface area contributed by atoms with E-state index in [0.29, 0.717) is 25.4 Å². The molecular weight excluding hydrogens is 378 g/mol. The van der Waals surface area contributed by atoms with Crippen LogP contribution >= 0.6 is 11.8 Å². The van der Waals surface area contributed by atoms with E-state index in [4.69, 9.17) is 9.47 Å². The molecule has 1 aliphatic heterocycles. The number of hydrogen-bond acceptors (Lipinski definition) is 6. The molecule has 1 aromatic rings. The molecule has 0 spiro atoms. The van der Waals surface area contributed by atoms with E-state index in [-0.39, 0.29) is 11.4 Å².